The van der Waals surface area contributed by atoms with Gasteiger partial charge in [-0.25, -0.2) is 0 Å². The van der Waals surface area contributed by atoms with E-state index in [2.05, 4.69) is 9.97 Å². The van der Waals surface area contributed by atoms with E-state index in [9.17, 15) is 14.7 Å². The largest absolute Gasteiger partial charge is 0.394 e. The first kappa shape index (κ1) is 18.4. The number of aliphatic hydroxyl groups is 1. The van der Waals surface area contributed by atoms with Crippen LogP contribution in [0.3, 0.4) is 0 Å². The van der Waals surface area contributed by atoms with E-state index in [1.165, 1.54) is 0 Å². The van der Waals surface area contributed by atoms with Crippen LogP contribution in [-0.4, -0.2) is 57.0 Å². The number of fused-ring (bicyclic) bond motifs is 3. The first-order valence-corrected chi connectivity index (χ1v) is 9.85. The summed E-state index contributed by atoms with van der Waals surface area (Å²) in [7, 11) is 0. The molecule has 5 rings (SSSR count). The van der Waals surface area contributed by atoms with Gasteiger partial charge >= 0.3 is 0 Å². The molecule has 0 aliphatic carbocycles. The summed E-state index contributed by atoms with van der Waals surface area (Å²) in [6, 6.07) is 13.9. The molecule has 2 aliphatic heterocycles. The standard InChI is InChI=1S/C23H20N4O3/c28-14-20-21-17-3-1-2-4-18(17)26(22(29)15-5-9-24-10-6-15)13-19(21)27(20)23(30)16-7-11-25-12-8-16/h1-12,19-21,28H,13-14H2/t19-,20+,21+/m0/s1. The molecule has 0 spiro atoms. The van der Waals surface area contributed by atoms with Gasteiger partial charge in [0.15, 0.2) is 0 Å². The molecule has 0 saturated carbocycles. The SMILES string of the molecule is O=C(c1ccncc1)N1C[C@H]2[C@@H](c3ccccc31)[C@@H](CO)N2C(=O)c1ccncc1. The first-order valence-electron chi connectivity index (χ1n) is 9.85. The van der Waals surface area contributed by atoms with Gasteiger partial charge in [-0.1, -0.05) is 18.2 Å². The molecule has 7 heteroatoms. The molecule has 3 atom stereocenters. The average Bonchev–Trinajstić information content (AvgIpc) is 2.80. The second-order valence-electron chi connectivity index (χ2n) is 7.50. The fourth-order valence-electron chi connectivity index (χ4n) is 4.65. The Balaban J connectivity index is 1.54. The Bertz CT molecular complexity index is 1090. The number of amides is 2. The van der Waals surface area contributed by atoms with Gasteiger partial charge in [0.1, 0.15) is 0 Å². The zero-order chi connectivity index (χ0) is 20.7. The van der Waals surface area contributed by atoms with Gasteiger partial charge in [0.05, 0.1) is 18.7 Å². The van der Waals surface area contributed by atoms with Crippen molar-refractivity contribution in [3.63, 3.8) is 0 Å². The Morgan fingerprint density at radius 1 is 0.900 bits per heavy atom. The molecular weight excluding hydrogens is 380 g/mol. The normalized spacial score (nSPS) is 22.0. The number of nitrogens with zero attached hydrogens (tertiary/aromatic N) is 4. The van der Waals surface area contributed by atoms with Crippen LogP contribution in [0, 0.1) is 0 Å². The number of hydrogen-bond acceptors (Lipinski definition) is 5. The minimum atomic E-state index is -0.324. The Kier molecular flexibility index (Phi) is 4.52. The summed E-state index contributed by atoms with van der Waals surface area (Å²) in [6.45, 7) is 0.237. The molecule has 1 fully saturated rings. The predicted octanol–water partition coefficient (Wildman–Crippen LogP) is 2.11. The molecule has 0 unspecified atom stereocenters. The van der Waals surface area contributed by atoms with Crippen molar-refractivity contribution in [3.05, 3.63) is 90.0 Å². The second kappa shape index (κ2) is 7.35. The molecule has 30 heavy (non-hydrogen) atoms. The number of carbonyl (C=O) groups is 2. The van der Waals surface area contributed by atoms with Crippen molar-refractivity contribution in [1.29, 1.82) is 0 Å². The van der Waals surface area contributed by atoms with Gasteiger partial charge in [-0.3, -0.25) is 19.6 Å². The zero-order valence-corrected chi connectivity index (χ0v) is 16.1. The molecule has 1 N–H and O–H groups in total. The maximum absolute atomic E-state index is 13.3. The van der Waals surface area contributed by atoms with E-state index < -0.39 is 0 Å². The van der Waals surface area contributed by atoms with Gasteiger partial charge in [0, 0.05) is 54.1 Å². The maximum atomic E-state index is 13.3. The topological polar surface area (TPSA) is 86.6 Å². The number of aliphatic hydroxyl groups excluding tert-OH is 1. The summed E-state index contributed by atoms with van der Waals surface area (Å²) in [4.78, 5) is 37.9. The Morgan fingerprint density at radius 3 is 2.13 bits per heavy atom. The third kappa shape index (κ3) is 2.78. The number of aromatic nitrogens is 2. The van der Waals surface area contributed by atoms with Crippen LogP contribution >= 0.6 is 0 Å². The van der Waals surface area contributed by atoms with Crippen molar-refractivity contribution in [3.8, 4) is 0 Å². The number of carbonyl (C=O) groups excluding carboxylic acids is 2. The van der Waals surface area contributed by atoms with Crippen LogP contribution in [0.15, 0.2) is 73.3 Å². The number of para-hydroxylation sites is 1. The molecule has 3 aromatic rings. The summed E-state index contributed by atoms with van der Waals surface area (Å²) >= 11 is 0. The van der Waals surface area contributed by atoms with Crippen molar-refractivity contribution in [2.24, 2.45) is 0 Å². The summed E-state index contributed by atoms with van der Waals surface area (Å²) in [5, 5.41) is 10.1. The number of benzene rings is 1. The number of likely N-dealkylation sites (tertiary alicyclic amines) is 1. The van der Waals surface area contributed by atoms with E-state index in [-0.39, 0.29) is 36.4 Å². The maximum Gasteiger partial charge on any atom is 0.258 e. The fourth-order valence-corrected chi connectivity index (χ4v) is 4.65. The molecule has 1 aromatic carbocycles. The molecule has 0 radical (unpaired) electrons. The number of pyridine rings is 2. The molecule has 7 nitrogen and oxygen atoms in total. The Hall–Kier alpha value is -3.58. The molecule has 150 valence electrons. The Morgan fingerprint density at radius 2 is 1.50 bits per heavy atom. The monoisotopic (exact) mass is 400 g/mol. The summed E-state index contributed by atoms with van der Waals surface area (Å²) in [5.41, 5.74) is 2.88. The minimum absolute atomic E-state index is 0.0153. The van der Waals surface area contributed by atoms with Crippen LogP contribution in [-0.2, 0) is 0 Å². The minimum Gasteiger partial charge on any atom is -0.394 e. The van der Waals surface area contributed by atoms with Gasteiger partial charge in [0.25, 0.3) is 11.8 Å². The van der Waals surface area contributed by atoms with Gasteiger partial charge < -0.3 is 14.9 Å². The summed E-state index contributed by atoms with van der Waals surface area (Å²) in [6.07, 6.45) is 6.34. The lowest BCUT2D eigenvalue weighted by Gasteiger charge is -2.58. The average molecular weight is 400 g/mol. The van der Waals surface area contributed by atoms with Gasteiger partial charge in [-0.2, -0.15) is 0 Å². The predicted molar refractivity (Wildman–Crippen MR) is 110 cm³/mol. The molecule has 2 amide bonds. The summed E-state index contributed by atoms with van der Waals surface area (Å²) < 4.78 is 0. The van der Waals surface area contributed by atoms with Crippen LogP contribution in [0.2, 0.25) is 0 Å². The Labute approximate surface area is 173 Å². The third-order valence-electron chi connectivity index (χ3n) is 6.02. The van der Waals surface area contributed by atoms with Crippen LogP contribution in [0.25, 0.3) is 0 Å². The van der Waals surface area contributed by atoms with E-state index >= 15 is 0 Å². The lowest BCUT2D eigenvalue weighted by Crippen LogP contribution is -2.70. The van der Waals surface area contributed by atoms with Crippen LogP contribution in [0.1, 0.15) is 32.2 Å². The number of anilines is 1. The van der Waals surface area contributed by atoms with Gasteiger partial charge in [0.2, 0.25) is 0 Å². The second-order valence-corrected chi connectivity index (χ2v) is 7.50. The van der Waals surface area contributed by atoms with Crippen molar-refractivity contribution in [1.82, 2.24) is 14.9 Å². The number of hydrogen-bond donors (Lipinski definition) is 1. The zero-order valence-electron chi connectivity index (χ0n) is 16.1. The highest BCUT2D eigenvalue weighted by molar-refractivity contribution is 6.07. The molecule has 2 aliphatic rings. The molecule has 1 saturated heterocycles. The molecular formula is C23H20N4O3. The highest BCUT2D eigenvalue weighted by Gasteiger charge is 2.55. The smallest absolute Gasteiger partial charge is 0.258 e. The van der Waals surface area contributed by atoms with E-state index in [1.54, 1.807) is 58.9 Å². The molecule has 2 aromatic heterocycles. The van der Waals surface area contributed by atoms with Gasteiger partial charge in [-0.15, -0.1) is 0 Å². The highest BCUT2D eigenvalue weighted by atomic mass is 16.3. The molecule has 0 bridgehead atoms. The van der Waals surface area contributed by atoms with Crippen molar-refractivity contribution < 1.29 is 14.7 Å². The van der Waals surface area contributed by atoms with Crippen molar-refractivity contribution in [2.45, 2.75) is 18.0 Å². The van der Waals surface area contributed by atoms with Crippen LogP contribution in [0.5, 0.6) is 0 Å². The van der Waals surface area contributed by atoms with Crippen molar-refractivity contribution in [2.75, 3.05) is 18.1 Å². The highest BCUT2D eigenvalue weighted by Crippen LogP contribution is 2.48. The van der Waals surface area contributed by atoms with E-state index in [4.69, 9.17) is 0 Å². The fraction of sp³-hybridized carbons (Fsp3) is 0.217. The van der Waals surface area contributed by atoms with Gasteiger partial charge in [-0.05, 0) is 35.9 Å². The first-order chi connectivity index (χ1) is 14.7. The van der Waals surface area contributed by atoms with Crippen molar-refractivity contribution >= 4 is 17.5 Å². The lowest BCUT2D eigenvalue weighted by atomic mass is 9.71. The third-order valence-corrected chi connectivity index (χ3v) is 6.02. The lowest BCUT2D eigenvalue weighted by molar-refractivity contribution is -0.0246. The quantitative estimate of drug-likeness (QED) is 0.728. The van der Waals surface area contributed by atoms with E-state index in [1.807, 2.05) is 24.3 Å². The van der Waals surface area contributed by atoms with Crippen LogP contribution < -0.4 is 4.90 Å². The summed E-state index contributed by atoms with van der Waals surface area (Å²) in [5.74, 6) is -0.307. The van der Waals surface area contributed by atoms with E-state index in [0.717, 1.165) is 11.3 Å². The number of rotatable bonds is 3. The van der Waals surface area contributed by atoms with Crippen LogP contribution in [0.4, 0.5) is 5.69 Å². The molecule has 4 heterocycles. The van der Waals surface area contributed by atoms with E-state index in [0.29, 0.717) is 17.7 Å².